The fourth-order valence-electron chi connectivity index (χ4n) is 2.26. The van der Waals surface area contributed by atoms with Crippen LogP contribution in [0.1, 0.15) is 24.8 Å². The summed E-state index contributed by atoms with van der Waals surface area (Å²) in [4.78, 5) is 11.1. The minimum absolute atomic E-state index is 0.223. The predicted molar refractivity (Wildman–Crippen MR) is 80.4 cm³/mol. The van der Waals surface area contributed by atoms with Crippen LogP contribution in [-0.4, -0.2) is 34.5 Å². The quantitative estimate of drug-likeness (QED) is 0.786. The topological polar surface area (TPSA) is 66.8 Å². The molecule has 0 spiro atoms. The molecule has 112 valence electrons. The standard InChI is InChI=1S/C17H20O4/c18-14(10-9-13-5-2-1-3-6-13)11-15(19)12-16-7-4-8-17(20)21-16/h1-6,8-10,14-16,18-19H,7,11-12H2/b10-9+/t14-,15-,16+/m1/s1. The molecule has 0 aliphatic carbocycles. The first kappa shape index (κ1) is 15.5. The van der Waals surface area contributed by atoms with Gasteiger partial charge in [-0.3, -0.25) is 0 Å². The molecule has 1 aliphatic heterocycles. The van der Waals surface area contributed by atoms with Gasteiger partial charge < -0.3 is 14.9 Å². The van der Waals surface area contributed by atoms with Crippen molar-refractivity contribution in [3.05, 3.63) is 54.1 Å². The molecule has 0 radical (unpaired) electrons. The van der Waals surface area contributed by atoms with Crippen LogP contribution in [0, 0.1) is 0 Å². The van der Waals surface area contributed by atoms with E-state index >= 15 is 0 Å². The van der Waals surface area contributed by atoms with Crippen LogP contribution >= 0.6 is 0 Å². The number of carbonyl (C=O) groups excluding carboxylic acids is 1. The van der Waals surface area contributed by atoms with Crippen molar-refractivity contribution >= 4 is 12.0 Å². The van der Waals surface area contributed by atoms with Crippen molar-refractivity contribution in [3.8, 4) is 0 Å². The zero-order valence-corrected chi connectivity index (χ0v) is 11.8. The molecule has 1 aromatic rings. The Bertz CT molecular complexity index is 507. The molecule has 21 heavy (non-hydrogen) atoms. The van der Waals surface area contributed by atoms with Gasteiger partial charge in [0.2, 0.25) is 0 Å². The molecule has 4 nitrogen and oxygen atoms in total. The van der Waals surface area contributed by atoms with Gasteiger partial charge in [0.1, 0.15) is 6.10 Å². The maximum absolute atomic E-state index is 11.1. The van der Waals surface area contributed by atoms with Gasteiger partial charge in [0.15, 0.2) is 0 Å². The van der Waals surface area contributed by atoms with Gasteiger partial charge in [-0.05, 0) is 5.56 Å². The third kappa shape index (κ3) is 5.53. The van der Waals surface area contributed by atoms with Crippen LogP contribution in [-0.2, 0) is 9.53 Å². The highest BCUT2D eigenvalue weighted by atomic mass is 16.5. The summed E-state index contributed by atoms with van der Waals surface area (Å²) in [5.41, 5.74) is 0.998. The Morgan fingerprint density at radius 2 is 2.05 bits per heavy atom. The number of hydrogen-bond acceptors (Lipinski definition) is 4. The molecule has 2 N–H and O–H groups in total. The molecule has 0 saturated heterocycles. The van der Waals surface area contributed by atoms with Crippen molar-refractivity contribution < 1.29 is 19.7 Å². The van der Waals surface area contributed by atoms with E-state index in [9.17, 15) is 15.0 Å². The van der Waals surface area contributed by atoms with Crippen LogP contribution in [0.4, 0.5) is 0 Å². The number of benzene rings is 1. The van der Waals surface area contributed by atoms with Crippen molar-refractivity contribution in [1.29, 1.82) is 0 Å². The Morgan fingerprint density at radius 3 is 2.76 bits per heavy atom. The lowest BCUT2D eigenvalue weighted by Crippen LogP contribution is -2.27. The van der Waals surface area contributed by atoms with Gasteiger partial charge in [-0.15, -0.1) is 0 Å². The van der Waals surface area contributed by atoms with Gasteiger partial charge in [-0.2, -0.15) is 0 Å². The molecular weight excluding hydrogens is 268 g/mol. The minimum atomic E-state index is -0.727. The van der Waals surface area contributed by atoms with E-state index in [0.29, 0.717) is 12.8 Å². The van der Waals surface area contributed by atoms with E-state index in [4.69, 9.17) is 4.74 Å². The number of cyclic esters (lactones) is 1. The van der Waals surface area contributed by atoms with E-state index in [1.807, 2.05) is 36.4 Å². The molecule has 1 aromatic carbocycles. The molecule has 0 bridgehead atoms. The first-order valence-corrected chi connectivity index (χ1v) is 7.10. The smallest absolute Gasteiger partial charge is 0.330 e. The number of esters is 1. The lowest BCUT2D eigenvalue weighted by atomic mass is 10.0. The maximum Gasteiger partial charge on any atom is 0.330 e. The zero-order valence-electron chi connectivity index (χ0n) is 11.8. The Morgan fingerprint density at radius 1 is 1.29 bits per heavy atom. The lowest BCUT2D eigenvalue weighted by molar-refractivity contribution is -0.145. The van der Waals surface area contributed by atoms with Crippen LogP contribution in [0.25, 0.3) is 6.08 Å². The molecule has 0 fully saturated rings. The molecule has 1 heterocycles. The van der Waals surface area contributed by atoms with Crippen molar-refractivity contribution in [2.75, 3.05) is 0 Å². The van der Waals surface area contributed by atoms with Crippen molar-refractivity contribution in [1.82, 2.24) is 0 Å². The van der Waals surface area contributed by atoms with E-state index in [1.165, 1.54) is 6.08 Å². The lowest BCUT2D eigenvalue weighted by Gasteiger charge is -2.22. The number of ether oxygens (including phenoxy) is 1. The molecule has 3 atom stereocenters. The summed E-state index contributed by atoms with van der Waals surface area (Å²) in [6.45, 7) is 0. The van der Waals surface area contributed by atoms with Gasteiger partial charge in [-0.1, -0.05) is 48.6 Å². The molecule has 0 aromatic heterocycles. The fourth-order valence-corrected chi connectivity index (χ4v) is 2.26. The summed E-state index contributed by atoms with van der Waals surface area (Å²) < 4.78 is 5.08. The zero-order chi connectivity index (χ0) is 15.1. The Balaban J connectivity index is 1.77. The van der Waals surface area contributed by atoms with Crippen LogP contribution in [0.5, 0.6) is 0 Å². The van der Waals surface area contributed by atoms with Crippen LogP contribution in [0.15, 0.2) is 48.6 Å². The average molecular weight is 288 g/mol. The van der Waals surface area contributed by atoms with Crippen LogP contribution in [0.3, 0.4) is 0 Å². The number of aliphatic hydroxyl groups is 2. The molecule has 1 aliphatic rings. The Labute approximate surface area is 124 Å². The van der Waals surface area contributed by atoms with Gasteiger partial charge in [0, 0.05) is 25.3 Å². The minimum Gasteiger partial charge on any atom is -0.459 e. The van der Waals surface area contributed by atoms with Crippen LogP contribution in [0.2, 0.25) is 0 Å². The summed E-state index contributed by atoms with van der Waals surface area (Å²) in [6.07, 6.45) is 6.05. The van der Waals surface area contributed by atoms with Crippen LogP contribution < -0.4 is 0 Å². The van der Waals surface area contributed by atoms with E-state index in [-0.39, 0.29) is 18.5 Å². The van der Waals surface area contributed by atoms with Gasteiger partial charge >= 0.3 is 5.97 Å². The largest absolute Gasteiger partial charge is 0.459 e. The van der Waals surface area contributed by atoms with E-state index < -0.39 is 12.2 Å². The second-order valence-corrected chi connectivity index (χ2v) is 5.16. The van der Waals surface area contributed by atoms with E-state index in [1.54, 1.807) is 12.2 Å². The molecule has 4 heteroatoms. The first-order valence-electron chi connectivity index (χ1n) is 7.10. The number of aliphatic hydroxyl groups excluding tert-OH is 2. The highest BCUT2D eigenvalue weighted by Gasteiger charge is 2.20. The number of hydrogen-bond donors (Lipinski definition) is 2. The molecular formula is C17H20O4. The Kier molecular flexibility index (Phi) is 5.72. The summed E-state index contributed by atoms with van der Waals surface area (Å²) >= 11 is 0. The SMILES string of the molecule is O=C1C=CC[C@@H](C[C@H](O)C[C@H](O)/C=C/c2ccccc2)O1. The van der Waals surface area contributed by atoms with Crippen molar-refractivity contribution in [2.24, 2.45) is 0 Å². The number of rotatable bonds is 6. The average Bonchev–Trinajstić information content (AvgIpc) is 2.46. The summed E-state index contributed by atoms with van der Waals surface area (Å²) in [6, 6.07) is 9.65. The monoisotopic (exact) mass is 288 g/mol. The third-order valence-corrected chi connectivity index (χ3v) is 3.29. The van der Waals surface area contributed by atoms with Gasteiger partial charge in [0.25, 0.3) is 0 Å². The normalized spacial score (nSPS) is 21.2. The second kappa shape index (κ2) is 7.76. The van der Waals surface area contributed by atoms with Crippen molar-refractivity contribution in [2.45, 2.75) is 37.6 Å². The van der Waals surface area contributed by atoms with E-state index in [0.717, 1.165) is 5.56 Å². The second-order valence-electron chi connectivity index (χ2n) is 5.16. The predicted octanol–water partition coefficient (Wildman–Crippen LogP) is 2.07. The maximum atomic E-state index is 11.1. The fraction of sp³-hybridized carbons (Fsp3) is 0.353. The van der Waals surface area contributed by atoms with E-state index in [2.05, 4.69) is 0 Å². The summed E-state index contributed by atoms with van der Waals surface area (Å²) in [5.74, 6) is -0.372. The summed E-state index contributed by atoms with van der Waals surface area (Å²) in [5, 5.41) is 19.8. The highest BCUT2D eigenvalue weighted by molar-refractivity contribution is 5.82. The highest BCUT2D eigenvalue weighted by Crippen LogP contribution is 2.16. The number of carbonyl (C=O) groups is 1. The molecule has 0 amide bonds. The Hall–Kier alpha value is -1.91. The molecule has 2 rings (SSSR count). The summed E-state index contributed by atoms with van der Waals surface area (Å²) in [7, 11) is 0. The molecule has 0 saturated carbocycles. The van der Waals surface area contributed by atoms with Gasteiger partial charge in [0.05, 0.1) is 12.2 Å². The third-order valence-electron chi connectivity index (χ3n) is 3.29. The first-order chi connectivity index (χ1) is 10.1. The van der Waals surface area contributed by atoms with Gasteiger partial charge in [-0.25, -0.2) is 4.79 Å². The molecule has 0 unspecified atom stereocenters. The van der Waals surface area contributed by atoms with Crippen molar-refractivity contribution in [3.63, 3.8) is 0 Å².